The molecule has 1 atom stereocenters. The van der Waals surface area contributed by atoms with Gasteiger partial charge in [0.1, 0.15) is 11.6 Å². The summed E-state index contributed by atoms with van der Waals surface area (Å²) in [5.41, 5.74) is -1.47. The minimum absolute atomic E-state index is 0.0291. The number of nitriles is 1. The van der Waals surface area contributed by atoms with Crippen LogP contribution in [0.25, 0.3) is 0 Å². The molecule has 6 nitrogen and oxygen atoms in total. The monoisotopic (exact) mass is 433 g/mol. The van der Waals surface area contributed by atoms with Gasteiger partial charge in [-0.05, 0) is 31.4 Å². The van der Waals surface area contributed by atoms with Crippen LogP contribution in [-0.2, 0) is 22.2 Å². The molecule has 1 fully saturated rings. The molecule has 29 heavy (non-hydrogen) atoms. The van der Waals surface area contributed by atoms with E-state index in [9.17, 15) is 17.6 Å². The van der Waals surface area contributed by atoms with Crippen molar-refractivity contribution in [1.82, 2.24) is 9.78 Å². The Morgan fingerprint density at radius 2 is 2.10 bits per heavy atom. The fraction of sp³-hybridized carbons (Fsp3) is 0.444. The van der Waals surface area contributed by atoms with E-state index in [0.717, 1.165) is 35.7 Å². The zero-order valence-electron chi connectivity index (χ0n) is 15.0. The molecular weight excluding hydrogens is 418 g/mol. The van der Waals surface area contributed by atoms with Crippen LogP contribution in [0.4, 0.5) is 17.6 Å². The summed E-state index contributed by atoms with van der Waals surface area (Å²) < 4.78 is 70.7. The van der Waals surface area contributed by atoms with Gasteiger partial charge in [0, 0.05) is 12.7 Å². The molecule has 0 bridgehead atoms. The Balaban J connectivity index is 1.80. The minimum atomic E-state index is -4.86. The summed E-state index contributed by atoms with van der Waals surface area (Å²) >= 11 is 6.05. The molecule has 0 radical (unpaired) electrons. The van der Waals surface area contributed by atoms with Gasteiger partial charge >= 0.3 is 6.18 Å². The van der Waals surface area contributed by atoms with Gasteiger partial charge in [-0.25, -0.2) is 9.07 Å². The molecule has 1 unspecified atom stereocenters. The summed E-state index contributed by atoms with van der Waals surface area (Å²) in [6, 6.07) is 4.56. The normalized spacial score (nSPS) is 17.2. The maximum absolute atomic E-state index is 13.6. The van der Waals surface area contributed by atoms with Crippen molar-refractivity contribution in [3.05, 3.63) is 40.4 Å². The first-order valence-corrected chi connectivity index (χ1v) is 9.11. The molecule has 0 spiro atoms. The Bertz CT molecular complexity index is 905. The van der Waals surface area contributed by atoms with Gasteiger partial charge in [0.15, 0.2) is 17.2 Å². The number of alkyl halides is 3. The van der Waals surface area contributed by atoms with Crippen LogP contribution >= 0.6 is 11.6 Å². The van der Waals surface area contributed by atoms with Crippen LogP contribution in [0.2, 0.25) is 5.15 Å². The molecule has 156 valence electrons. The highest BCUT2D eigenvalue weighted by Gasteiger charge is 2.40. The third kappa shape index (κ3) is 5.38. The highest BCUT2D eigenvalue weighted by Crippen LogP contribution is 2.42. The van der Waals surface area contributed by atoms with Crippen molar-refractivity contribution in [2.24, 2.45) is 0 Å². The molecule has 2 heterocycles. The summed E-state index contributed by atoms with van der Waals surface area (Å²) in [7, 11) is 0. The molecule has 1 saturated heterocycles. The van der Waals surface area contributed by atoms with Crippen molar-refractivity contribution < 1.29 is 31.8 Å². The fourth-order valence-electron chi connectivity index (χ4n) is 2.77. The van der Waals surface area contributed by atoms with E-state index in [1.54, 1.807) is 6.07 Å². The maximum atomic E-state index is 13.6. The molecule has 0 saturated carbocycles. The third-order valence-electron chi connectivity index (χ3n) is 4.08. The first-order chi connectivity index (χ1) is 13.8. The highest BCUT2D eigenvalue weighted by molar-refractivity contribution is 6.31. The minimum Gasteiger partial charge on any atom is -0.452 e. The van der Waals surface area contributed by atoms with Crippen molar-refractivity contribution in [3.63, 3.8) is 0 Å². The van der Waals surface area contributed by atoms with E-state index in [1.165, 1.54) is 0 Å². The van der Waals surface area contributed by atoms with Crippen molar-refractivity contribution in [2.75, 3.05) is 13.2 Å². The summed E-state index contributed by atoms with van der Waals surface area (Å²) in [6.45, 7) is 0.529. The van der Waals surface area contributed by atoms with Gasteiger partial charge in [0.25, 0.3) is 0 Å². The average molecular weight is 434 g/mol. The van der Waals surface area contributed by atoms with Crippen LogP contribution in [-0.4, -0.2) is 29.3 Å². The van der Waals surface area contributed by atoms with E-state index < -0.39 is 34.9 Å². The van der Waals surface area contributed by atoms with Crippen molar-refractivity contribution >= 4 is 11.6 Å². The lowest BCUT2D eigenvalue weighted by molar-refractivity contribution is -0.164. The molecule has 1 aliphatic rings. The molecular formula is C18H16ClF4N3O3. The SMILES string of the molecule is N#Cc1cc(F)cc(Oc2c(C(F)(F)F)nn(CCOC3CCCCO3)c2Cl)c1. The van der Waals surface area contributed by atoms with Crippen molar-refractivity contribution in [1.29, 1.82) is 5.26 Å². The standard InChI is InChI=1S/C18H16ClF4N3O3/c19-17-15(29-13-8-11(10-24)7-12(20)9-13)16(18(21,22)23)25-26(17)4-6-28-14-3-1-2-5-27-14/h7-9,14H,1-6H2. The molecule has 0 aliphatic carbocycles. The quantitative estimate of drug-likeness (QED) is 0.606. The number of benzene rings is 1. The number of hydrogen-bond acceptors (Lipinski definition) is 5. The molecule has 1 aromatic carbocycles. The summed E-state index contributed by atoms with van der Waals surface area (Å²) in [4.78, 5) is 0. The van der Waals surface area contributed by atoms with Gasteiger partial charge in [-0.3, -0.25) is 0 Å². The van der Waals surface area contributed by atoms with Gasteiger partial charge in [-0.2, -0.15) is 23.5 Å². The fourth-order valence-corrected chi connectivity index (χ4v) is 3.02. The first-order valence-electron chi connectivity index (χ1n) is 8.73. The van der Waals surface area contributed by atoms with E-state index in [-0.39, 0.29) is 24.5 Å². The van der Waals surface area contributed by atoms with Gasteiger partial charge in [0.05, 0.1) is 24.8 Å². The van der Waals surface area contributed by atoms with Crippen LogP contribution in [0.5, 0.6) is 11.5 Å². The zero-order chi connectivity index (χ0) is 21.0. The maximum Gasteiger partial charge on any atom is 0.438 e. The second-order valence-corrected chi connectivity index (χ2v) is 6.60. The lowest BCUT2D eigenvalue weighted by atomic mass is 10.2. The predicted molar refractivity (Wildman–Crippen MR) is 93.0 cm³/mol. The van der Waals surface area contributed by atoms with Gasteiger partial charge < -0.3 is 14.2 Å². The smallest absolute Gasteiger partial charge is 0.438 e. The van der Waals surface area contributed by atoms with E-state index in [2.05, 4.69) is 5.10 Å². The molecule has 1 aromatic heterocycles. The molecule has 1 aliphatic heterocycles. The van der Waals surface area contributed by atoms with E-state index in [4.69, 9.17) is 31.1 Å². The Morgan fingerprint density at radius 1 is 1.31 bits per heavy atom. The lowest BCUT2D eigenvalue weighted by Crippen LogP contribution is -2.24. The number of aromatic nitrogens is 2. The van der Waals surface area contributed by atoms with E-state index in [1.807, 2.05) is 0 Å². The molecule has 0 amide bonds. The van der Waals surface area contributed by atoms with Crippen LogP contribution in [0.3, 0.4) is 0 Å². The predicted octanol–water partition coefficient (Wildman–Crippen LogP) is 4.90. The van der Waals surface area contributed by atoms with Crippen LogP contribution in [0.15, 0.2) is 18.2 Å². The summed E-state index contributed by atoms with van der Waals surface area (Å²) in [5, 5.41) is 11.9. The molecule has 2 aromatic rings. The second kappa shape index (κ2) is 8.98. The Hall–Kier alpha value is -2.35. The Labute approximate surface area is 168 Å². The number of nitrogens with zero attached hydrogens (tertiary/aromatic N) is 3. The first kappa shape index (κ1) is 21.4. The van der Waals surface area contributed by atoms with Crippen LogP contribution < -0.4 is 4.74 Å². The van der Waals surface area contributed by atoms with E-state index in [0.29, 0.717) is 13.0 Å². The third-order valence-corrected chi connectivity index (χ3v) is 4.45. The molecule has 0 N–H and O–H groups in total. The zero-order valence-corrected chi connectivity index (χ0v) is 15.8. The summed E-state index contributed by atoms with van der Waals surface area (Å²) in [6.07, 6.45) is -2.68. The second-order valence-electron chi connectivity index (χ2n) is 6.25. The summed E-state index contributed by atoms with van der Waals surface area (Å²) in [5.74, 6) is -1.92. The van der Waals surface area contributed by atoms with Gasteiger partial charge in [-0.1, -0.05) is 11.6 Å². The number of hydrogen-bond donors (Lipinski definition) is 0. The Kier molecular flexibility index (Phi) is 6.62. The number of ether oxygens (including phenoxy) is 3. The van der Waals surface area contributed by atoms with E-state index >= 15 is 0 Å². The molecule has 3 rings (SSSR count). The average Bonchev–Trinajstić information content (AvgIpc) is 2.98. The number of rotatable bonds is 6. The Morgan fingerprint density at radius 3 is 2.76 bits per heavy atom. The molecule has 11 heteroatoms. The van der Waals surface area contributed by atoms with Crippen LogP contribution in [0.1, 0.15) is 30.5 Å². The number of halogens is 5. The van der Waals surface area contributed by atoms with Crippen molar-refractivity contribution in [2.45, 2.75) is 38.3 Å². The van der Waals surface area contributed by atoms with Gasteiger partial charge in [-0.15, -0.1) is 0 Å². The van der Waals surface area contributed by atoms with Gasteiger partial charge in [0.2, 0.25) is 5.69 Å². The van der Waals surface area contributed by atoms with Crippen LogP contribution in [0, 0.1) is 17.1 Å². The van der Waals surface area contributed by atoms with Crippen molar-refractivity contribution in [3.8, 4) is 17.6 Å². The largest absolute Gasteiger partial charge is 0.452 e. The highest BCUT2D eigenvalue weighted by atomic mass is 35.5. The topological polar surface area (TPSA) is 69.3 Å². The lowest BCUT2D eigenvalue weighted by Gasteiger charge is -2.22.